The van der Waals surface area contributed by atoms with Crippen molar-refractivity contribution in [2.24, 2.45) is 11.7 Å². The first-order valence-corrected chi connectivity index (χ1v) is 12.8. The number of nitrogens with one attached hydrogen (secondary N) is 1. The van der Waals surface area contributed by atoms with Crippen LogP contribution in [-0.2, 0) is 16.0 Å². The van der Waals surface area contributed by atoms with E-state index >= 15 is 0 Å². The summed E-state index contributed by atoms with van der Waals surface area (Å²) in [5, 5.41) is 15.6. The zero-order valence-corrected chi connectivity index (χ0v) is 17.7. The van der Waals surface area contributed by atoms with Crippen LogP contribution in [0, 0.1) is 5.92 Å². The third kappa shape index (κ3) is 9.79. The summed E-state index contributed by atoms with van der Waals surface area (Å²) >= 11 is 3.39. The topological polar surface area (TPSA) is 92.4 Å². The van der Waals surface area contributed by atoms with Gasteiger partial charge in [0.1, 0.15) is 6.04 Å². The maximum atomic E-state index is 12.4. The van der Waals surface area contributed by atoms with Crippen LogP contribution in [0.15, 0.2) is 16.8 Å². The Balaban J connectivity index is 2.48. The second-order valence-corrected chi connectivity index (χ2v) is 10.0. The highest BCUT2D eigenvalue weighted by Crippen LogP contribution is 2.27. The molecule has 0 aliphatic rings. The largest absolute Gasteiger partial charge is 0.480 e. The normalized spacial score (nSPS) is 14.7. The van der Waals surface area contributed by atoms with Gasteiger partial charge < -0.3 is 16.2 Å². The predicted molar refractivity (Wildman–Crippen MR) is 113 cm³/mol. The van der Waals surface area contributed by atoms with Gasteiger partial charge in [-0.25, -0.2) is 0 Å². The molecule has 9 heteroatoms. The average Bonchev–Trinajstić information content (AvgIpc) is 3.08. The Morgan fingerprint density at radius 2 is 2.08 bits per heavy atom. The Kier molecular flexibility index (Phi) is 11.7. The number of rotatable bonds is 13. The van der Waals surface area contributed by atoms with Crippen molar-refractivity contribution in [3.8, 4) is 0 Å². The number of thioether (sulfide) groups is 1. The number of thiophene rings is 1. The van der Waals surface area contributed by atoms with Crippen molar-refractivity contribution >= 4 is 56.6 Å². The molecule has 0 fully saturated rings. The zero-order chi connectivity index (χ0) is 18.7. The summed E-state index contributed by atoms with van der Waals surface area (Å²) in [4.78, 5) is 23.4. The first kappa shape index (κ1) is 22.7. The van der Waals surface area contributed by atoms with Gasteiger partial charge in [-0.3, -0.25) is 9.59 Å². The second kappa shape index (κ2) is 12.9. The molecule has 3 atom stereocenters. The van der Waals surface area contributed by atoms with Crippen LogP contribution < -0.4 is 11.1 Å². The maximum Gasteiger partial charge on any atom is 0.325 e. The Labute approximate surface area is 165 Å². The van der Waals surface area contributed by atoms with Gasteiger partial charge in [0.05, 0.1) is 5.92 Å². The molecular weight excluding hydrogens is 396 g/mol. The van der Waals surface area contributed by atoms with E-state index in [9.17, 15) is 9.59 Å². The van der Waals surface area contributed by atoms with E-state index in [0.717, 1.165) is 23.5 Å². The van der Waals surface area contributed by atoms with Crippen molar-refractivity contribution in [3.63, 3.8) is 0 Å². The van der Waals surface area contributed by atoms with Gasteiger partial charge in [0.25, 0.3) is 0 Å². The number of aliphatic carboxylic acids is 1. The van der Waals surface area contributed by atoms with Crippen molar-refractivity contribution in [2.45, 2.75) is 31.8 Å². The van der Waals surface area contributed by atoms with Crippen LogP contribution in [0.25, 0.3) is 0 Å². The fraction of sp³-hybridized carbons (Fsp3) is 0.625. The number of carbonyl (C=O) groups is 2. The minimum atomic E-state index is -1.02. The standard InChI is InChI=1S/C16H26N2O3S4/c1-11(16(20)21)18-15(19)13(7-12-3-6-23-8-12)9-24-25-10-14(17)4-5-22-2/h3,6,8,11,13-14H,4-5,7,9-10,17H2,1-2H3,(H,18,19)(H,20,21)/t11-,13?,14-/m0/s1. The lowest BCUT2D eigenvalue weighted by Gasteiger charge is -2.18. The van der Waals surface area contributed by atoms with Crippen molar-refractivity contribution in [1.82, 2.24) is 5.32 Å². The molecule has 142 valence electrons. The summed E-state index contributed by atoms with van der Waals surface area (Å²) < 4.78 is 0. The van der Waals surface area contributed by atoms with Gasteiger partial charge in [0.15, 0.2) is 0 Å². The first-order valence-electron chi connectivity index (χ1n) is 7.97. The van der Waals surface area contributed by atoms with Crippen LogP contribution in [0.1, 0.15) is 18.9 Å². The van der Waals surface area contributed by atoms with E-state index in [2.05, 4.69) is 11.6 Å². The van der Waals surface area contributed by atoms with Gasteiger partial charge in [0.2, 0.25) is 5.91 Å². The lowest BCUT2D eigenvalue weighted by molar-refractivity contribution is -0.141. The maximum absolute atomic E-state index is 12.4. The molecule has 25 heavy (non-hydrogen) atoms. The molecule has 4 N–H and O–H groups in total. The van der Waals surface area contributed by atoms with E-state index in [1.807, 2.05) is 16.8 Å². The van der Waals surface area contributed by atoms with Crippen LogP contribution in [0.2, 0.25) is 0 Å². The molecule has 0 saturated carbocycles. The van der Waals surface area contributed by atoms with Crippen molar-refractivity contribution in [2.75, 3.05) is 23.5 Å². The highest BCUT2D eigenvalue weighted by atomic mass is 33.1. The van der Waals surface area contributed by atoms with Gasteiger partial charge in [-0.2, -0.15) is 23.1 Å². The molecule has 0 aliphatic carbocycles. The molecule has 1 amide bonds. The average molecular weight is 423 g/mol. The van der Waals surface area contributed by atoms with Crippen LogP contribution in [0.5, 0.6) is 0 Å². The SMILES string of the molecule is CSCC[C@H](N)CSSCC(Cc1ccsc1)C(=O)N[C@@H](C)C(=O)O. The molecule has 5 nitrogen and oxygen atoms in total. The third-order valence-corrected chi connectivity index (χ3v) is 7.45. The van der Waals surface area contributed by atoms with Crippen molar-refractivity contribution in [3.05, 3.63) is 22.4 Å². The number of amides is 1. The molecule has 0 aliphatic heterocycles. The molecule has 0 radical (unpaired) electrons. The minimum absolute atomic E-state index is 0.168. The van der Waals surface area contributed by atoms with E-state index in [1.54, 1.807) is 44.7 Å². The Morgan fingerprint density at radius 1 is 1.36 bits per heavy atom. The van der Waals surface area contributed by atoms with Crippen LogP contribution in [0.4, 0.5) is 0 Å². The van der Waals surface area contributed by atoms with Crippen molar-refractivity contribution < 1.29 is 14.7 Å². The predicted octanol–water partition coefficient (Wildman–Crippen LogP) is 2.96. The molecule has 1 aromatic rings. The number of carboxylic acid groups (broad SMARTS) is 1. The van der Waals surface area contributed by atoms with Crippen LogP contribution in [-0.4, -0.2) is 52.6 Å². The van der Waals surface area contributed by atoms with E-state index < -0.39 is 12.0 Å². The van der Waals surface area contributed by atoms with Gasteiger partial charge in [-0.15, -0.1) is 0 Å². The summed E-state index contributed by atoms with van der Waals surface area (Å²) in [6.07, 6.45) is 3.68. The molecule has 0 spiro atoms. The highest BCUT2D eigenvalue weighted by Gasteiger charge is 2.23. The van der Waals surface area contributed by atoms with Gasteiger partial charge in [0, 0.05) is 17.5 Å². The number of carboxylic acids is 1. The molecular formula is C16H26N2O3S4. The number of carbonyl (C=O) groups excluding carboxylic acids is 1. The van der Waals surface area contributed by atoms with Gasteiger partial charge in [-0.1, -0.05) is 21.6 Å². The van der Waals surface area contributed by atoms with E-state index in [1.165, 1.54) is 6.92 Å². The summed E-state index contributed by atoms with van der Waals surface area (Å²) in [5.74, 6) is 1.06. The lowest BCUT2D eigenvalue weighted by atomic mass is 10.0. The zero-order valence-electron chi connectivity index (χ0n) is 14.5. The third-order valence-electron chi connectivity index (χ3n) is 3.49. The van der Waals surface area contributed by atoms with Crippen molar-refractivity contribution in [1.29, 1.82) is 0 Å². The van der Waals surface area contributed by atoms with Gasteiger partial charge >= 0.3 is 5.97 Å². The van der Waals surface area contributed by atoms with E-state index in [4.69, 9.17) is 10.8 Å². The second-order valence-electron chi connectivity index (χ2n) is 5.71. The Bertz CT molecular complexity index is 513. The molecule has 1 aromatic heterocycles. The van der Waals surface area contributed by atoms with Gasteiger partial charge in [-0.05, 0) is 54.2 Å². The van der Waals surface area contributed by atoms with E-state index in [0.29, 0.717) is 12.2 Å². The monoisotopic (exact) mass is 422 g/mol. The molecule has 0 saturated heterocycles. The number of hydrogen-bond donors (Lipinski definition) is 3. The quantitative estimate of drug-likeness (QED) is 0.332. The highest BCUT2D eigenvalue weighted by molar-refractivity contribution is 8.76. The smallest absolute Gasteiger partial charge is 0.325 e. The summed E-state index contributed by atoms with van der Waals surface area (Å²) in [5.41, 5.74) is 7.16. The minimum Gasteiger partial charge on any atom is -0.480 e. The molecule has 1 heterocycles. The van der Waals surface area contributed by atoms with Crippen LogP contribution >= 0.6 is 44.7 Å². The molecule has 1 unspecified atom stereocenters. The van der Waals surface area contributed by atoms with E-state index in [-0.39, 0.29) is 17.9 Å². The lowest BCUT2D eigenvalue weighted by Crippen LogP contribution is -2.42. The fourth-order valence-electron chi connectivity index (χ4n) is 1.93. The van der Waals surface area contributed by atoms with Crippen LogP contribution in [0.3, 0.4) is 0 Å². The summed E-state index contributed by atoms with van der Waals surface area (Å²) in [6, 6.07) is 1.29. The number of nitrogens with two attached hydrogens (primary N) is 1. The summed E-state index contributed by atoms with van der Waals surface area (Å²) in [7, 11) is 3.32. The first-order chi connectivity index (χ1) is 11.9. The Hall–Kier alpha value is -0.350. The molecule has 0 aromatic carbocycles. The Morgan fingerprint density at radius 3 is 2.68 bits per heavy atom. The molecule has 0 bridgehead atoms. The summed E-state index contributed by atoms with van der Waals surface area (Å²) in [6.45, 7) is 1.48. The number of hydrogen-bond acceptors (Lipinski definition) is 7. The molecule has 1 rings (SSSR count). The fourth-order valence-corrected chi connectivity index (χ4v) is 5.71.